The van der Waals surface area contributed by atoms with Crippen LogP contribution < -0.4 is 0 Å². The number of hydrogen-bond donors (Lipinski definition) is 1. The average molecular weight is 193 g/mol. The van der Waals surface area contributed by atoms with Crippen LogP contribution in [0.15, 0.2) is 24.3 Å². The van der Waals surface area contributed by atoms with Gasteiger partial charge < -0.3 is 7.96 Å². The van der Waals surface area contributed by atoms with Gasteiger partial charge in [-0.15, -0.1) is 0 Å². The summed E-state index contributed by atoms with van der Waals surface area (Å²) in [4.78, 5) is 19.9. The predicted octanol–water partition coefficient (Wildman–Crippen LogP) is 1.14. The van der Waals surface area contributed by atoms with Gasteiger partial charge in [0, 0.05) is 12.1 Å². The van der Waals surface area contributed by atoms with Crippen molar-refractivity contribution in [3.8, 4) is 0 Å². The van der Waals surface area contributed by atoms with E-state index in [0.717, 1.165) is 12.1 Å². The molecule has 13 heavy (non-hydrogen) atoms. The fraction of sp³-hybridized carbons (Fsp3) is 0. The Morgan fingerprint density at radius 1 is 1.38 bits per heavy atom. The van der Waals surface area contributed by atoms with Crippen LogP contribution in [-0.4, -0.2) is 39.1 Å². The largest absolute Gasteiger partial charge is 2.00 e. The van der Waals surface area contributed by atoms with Crippen molar-refractivity contribution >= 4 is 34.7 Å². The van der Waals surface area contributed by atoms with Crippen LogP contribution in [-0.2, 0) is 0 Å². The summed E-state index contributed by atoms with van der Waals surface area (Å²) in [6, 6.07) is 4.70. The summed E-state index contributed by atoms with van der Waals surface area (Å²) in [7, 11) is 0. The maximum Gasteiger partial charge on any atom is 2.00 e. The molecule has 0 atom stereocenters. The van der Waals surface area contributed by atoms with Gasteiger partial charge in [0.15, 0.2) is 0 Å². The van der Waals surface area contributed by atoms with Crippen molar-refractivity contribution in [2.75, 3.05) is 0 Å². The summed E-state index contributed by atoms with van der Waals surface area (Å²) in [6.07, 6.45) is 0. The Bertz CT molecular complexity index is 297. The van der Waals surface area contributed by atoms with E-state index in [1.807, 2.05) is 0 Å². The SMILES string of the molecule is O=C(O)c1ccc([N+](=O)[O-])cc1.[H-].[H-].[Mg+2]. The maximum absolute atomic E-state index is 10.3. The number of carboxylic acids is 1. The Balaban J connectivity index is -0.000000480. The molecule has 0 aromatic heterocycles. The topological polar surface area (TPSA) is 80.4 Å². The van der Waals surface area contributed by atoms with Crippen molar-refractivity contribution in [1.82, 2.24) is 0 Å². The van der Waals surface area contributed by atoms with E-state index in [4.69, 9.17) is 5.11 Å². The third kappa shape index (κ3) is 3.00. The van der Waals surface area contributed by atoms with Crippen LogP contribution in [0.3, 0.4) is 0 Å². The van der Waals surface area contributed by atoms with Gasteiger partial charge in [0.25, 0.3) is 5.69 Å². The minimum absolute atomic E-state index is 0. The van der Waals surface area contributed by atoms with E-state index >= 15 is 0 Å². The molecule has 0 amide bonds. The number of rotatable bonds is 2. The molecule has 66 valence electrons. The second-order valence-corrected chi connectivity index (χ2v) is 2.11. The Labute approximate surface area is 92.6 Å². The number of carbonyl (C=O) groups is 1. The molecule has 0 fully saturated rings. The van der Waals surface area contributed by atoms with Gasteiger partial charge in [-0.2, -0.15) is 0 Å². The number of benzene rings is 1. The van der Waals surface area contributed by atoms with E-state index in [0.29, 0.717) is 0 Å². The fourth-order valence-electron chi connectivity index (χ4n) is 0.726. The van der Waals surface area contributed by atoms with E-state index in [2.05, 4.69) is 0 Å². The Morgan fingerprint density at radius 2 is 1.85 bits per heavy atom. The van der Waals surface area contributed by atoms with Gasteiger partial charge >= 0.3 is 29.0 Å². The first-order valence-corrected chi connectivity index (χ1v) is 3.09. The normalized spacial score (nSPS) is 8.62. The standard InChI is InChI=1S/C7H5NO4.Mg.2H/c9-7(10)5-1-3-6(4-2-5)8(11)12;;;/h1-4H,(H,9,10);;;/q;+2;2*-1. The summed E-state index contributed by atoms with van der Waals surface area (Å²) in [5, 5.41) is 18.6. The molecule has 0 unspecified atom stereocenters. The number of aromatic carboxylic acids is 1. The molecule has 5 nitrogen and oxygen atoms in total. The molecule has 0 spiro atoms. The molecule has 1 rings (SSSR count). The number of nitro groups is 1. The second kappa shape index (κ2) is 4.78. The number of non-ortho nitro benzene ring substituents is 1. The van der Waals surface area contributed by atoms with Crippen LogP contribution in [0, 0.1) is 10.1 Å². The summed E-state index contributed by atoms with van der Waals surface area (Å²) >= 11 is 0. The minimum Gasteiger partial charge on any atom is -1.00 e. The smallest absolute Gasteiger partial charge is 1.00 e. The zero-order valence-electron chi connectivity index (χ0n) is 8.64. The third-order valence-corrected chi connectivity index (χ3v) is 1.33. The summed E-state index contributed by atoms with van der Waals surface area (Å²) in [5.41, 5.74) is -0.0689. The van der Waals surface area contributed by atoms with Gasteiger partial charge in [-0.1, -0.05) is 0 Å². The van der Waals surface area contributed by atoms with Crippen molar-refractivity contribution in [2.45, 2.75) is 0 Å². The fourth-order valence-corrected chi connectivity index (χ4v) is 0.726. The van der Waals surface area contributed by atoms with Crippen LogP contribution >= 0.6 is 0 Å². The molecule has 0 radical (unpaired) electrons. The Hall–Kier alpha value is -1.14. The molecule has 0 aliphatic rings. The van der Waals surface area contributed by atoms with Crippen LogP contribution in [0.5, 0.6) is 0 Å². The first-order valence-electron chi connectivity index (χ1n) is 3.09. The van der Waals surface area contributed by atoms with Crippen LogP contribution in [0.2, 0.25) is 0 Å². The van der Waals surface area contributed by atoms with Crippen molar-refractivity contribution in [2.24, 2.45) is 0 Å². The average Bonchev–Trinajstić information content (AvgIpc) is 2.04. The summed E-state index contributed by atoms with van der Waals surface area (Å²) in [5.74, 6) is -1.09. The molecule has 0 saturated heterocycles. The quantitative estimate of drug-likeness (QED) is 0.434. The number of carboxylic acid groups (broad SMARTS) is 1. The van der Waals surface area contributed by atoms with E-state index in [-0.39, 0.29) is 37.2 Å². The van der Waals surface area contributed by atoms with Crippen molar-refractivity contribution < 1.29 is 17.7 Å². The predicted molar refractivity (Wildman–Crippen MR) is 48.0 cm³/mol. The zero-order chi connectivity index (χ0) is 9.14. The van der Waals surface area contributed by atoms with Crippen LogP contribution in [0.25, 0.3) is 0 Å². The number of nitrogens with zero attached hydrogens (tertiary/aromatic N) is 1. The van der Waals surface area contributed by atoms with Crippen molar-refractivity contribution in [1.29, 1.82) is 0 Å². The monoisotopic (exact) mass is 193 g/mol. The molecule has 1 aromatic rings. The molecule has 0 aliphatic carbocycles. The molecule has 1 N–H and O–H groups in total. The summed E-state index contributed by atoms with van der Waals surface area (Å²) in [6.45, 7) is 0. The molecule has 0 aliphatic heterocycles. The van der Waals surface area contributed by atoms with Gasteiger partial charge in [-0.25, -0.2) is 4.79 Å². The van der Waals surface area contributed by atoms with Crippen molar-refractivity contribution in [3.63, 3.8) is 0 Å². The van der Waals surface area contributed by atoms with E-state index in [1.165, 1.54) is 12.1 Å². The van der Waals surface area contributed by atoms with Crippen LogP contribution in [0.1, 0.15) is 13.2 Å². The molecule has 6 heteroatoms. The van der Waals surface area contributed by atoms with Gasteiger partial charge in [-0.05, 0) is 12.1 Å². The van der Waals surface area contributed by atoms with Crippen molar-refractivity contribution in [3.05, 3.63) is 39.9 Å². The summed E-state index contributed by atoms with van der Waals surface area (Å²) < 4.78 is 0. The number of hydrogen-bond acceptors (Lipinski definition) is 3. The van der Waals surface area contributed by atoms with Gasteiger partial charge in [0.2, 0.25) is 0 Å². The molecule has 1 aromatic carbocycles. The minimum atomic E-state index is -1.09. The second-order valence-electron chi connectivity index (χ2n) is 2.11. The Kier molecular flexibility index (Phi) is 4.36. The molecular formula is C7H7MgNO4. The zero-order valence-corrected chi connectivity index (χ0v) is 8.05. The number of nitro benzene ring substituents is 1. The third-order valence-electron chi connectivity index (χ3n) is 1.33. The van der Waals surface area contributed by atoms with Crippen LogP contribution in [0.4, 0.5) is 5.69 Å². The van der Waals surface area contributed by atoms with E-state index in [1.54, 1.807) is 0 Å². The maximum atomic E-state index is 10.3. The molecule has 0 heterocycles. The first kappa shape index (κ1) is 11.9. The van der Waals surface area contributed by atoms with E-state index < -0.39 is 10.9 Å². The Morgan fingerprint density at radius 3 is 2.15 bits per heavy atom. The molecular weight excluding hydrogens is 186 g/mol. The van der Waals surface area contributed by atoms with E-state index in [9.17, 15) is 14.9 Å². The molecule has 0 bridgehead atoms. The first-order chi connectivity index (χ1) is 5.61. The van der Waals surface area contributed by atoms with Gasteiger partial charge in [-0.3, -0.25) is 10.1 Å². The van der Waals surface area contributed by atoms with Gasteiger partial charge in [0.1, 0.15) is 0 Å². The molecule has 0 saturated carbocycles. The van der Waals surface area contributed by atoms with Gasteiger partial charge in [0.05, 0.1) is 10.5 Å².